The molecular weight excluding hydrogens is 184 g/mol. The minimum absolute atomic E-state index is 0.0986. The third kappa shape index (κ3) is 4.83. The summed E-state index contributed by atoms with van der Waals surface area (Å²) in [5, 5.41) is 8.05. The van der Waals surface area contributed by atoms with Gasteiger partial charge in [-0.3, -0.25) is 0 Å². The van der Waals surface area contributed by atoms with Crippen molar-refractivity contribution in [1.82, 2.24) is 0 Å². The molecule has 6 heavy (non-hydrogen) atoms. The maximum absolute atomic E-state index is 8.05. The van der Waals surface area contributed by atoms with E-state index < -0.39 is 17.1 Å². The fraction of sp³-hybridized carbons (Fsp3) is 1.00. The normalized spacial score (nSPS) is 8.17. The van der Waals surface area contributed by atoms with Gasteiger partial charge >= 0.3 is 48.7 Å². The molecule has 0 radical (unpaired) electrons. The van der Waals surface area contributed by atoms with Crippen LogP contribution in [0, 0.1) is 0 Å². The van der Waals surface area contributed by atoms with Crippen LogP contribution in [0.5, 0.6) is 0 Å². The Morgan fingerprint density at radius 1 is 1.83 bits per heavy atom. The monoisotopic (exact) mass is 191 g/mol. The van der Waals surface area contributed by atoms with E-state index in [4.69, 9.17) is 5.11 Å². The Balaban J connectivity index is 2.49. The molecule has 0 aliphatic carbocycles. The molecule has 0 aromatic carbocycles. The van der Waals surface area contributed by atoms with E-state index in [-0.39, 0.29) is 6.61 Å². The van der Waals surface area contributed by atoms with Gasteiger partial charge in [-0.2, -0.15) is 0 Å². The van der Waals surface area contributed by atoms with Crippen LogP contribution >= 0.6 is 9.82 Å². The van der Waals surface area contributed by atoms with Gasteiger partial charge in [0.1, 0.15) is 0 Å². The van der Waals surface area contributed by atoms with Crippen molar-refractivity contribution in [3.63, 3.8) is 0 Å². The summed E-state index contributed by atoms with van der Waals surface area (Å²) in [6.45, 7) is 0.521. The standard InChI is InChI=1S/C2H5O2.Mo.S/c3-1-2-4;;/h3H,1-2H2;;/q-1;+1;. The first-order valence-corrected chi connectivity index (χ1v) is 5.05. The third-order valence-corrected chi connectivity index (χ3v) is 1.44. The molecule has 0 fully saturated rings. The Kier molecular flexibility index (Phi) is 6.63. The summed E-state index contributed by atoms with van der Waals surface area (Å²) in [6, 6.07) is 0. The Labute approximate surface area is 48.9 Å². The first kappa shape index (κ1) is 6.83. The van der Waals surface area contributed by atoms with E-state index >= 15 is 0 Å². The third-order valence-electron chi connectivity index (χ3n) is 0.223. The molecular formula is C2H5MoO2S. The molecule has 0 amide bonds. The summed E-state index contributed by atoms with van der Waals surface area (Å²) in [6.07, 6.45) is 0. The molecule has 2 nitrogen and oxygen atoms in total. The number of hydrogen-bond acceptors (Lipinski definition) is 3. The van der Waals surface area contributed by atoms with Crippen LogP contribution in [-0.2, 0) is 20.5 Å². The van der Waals surface area contributed by atoms with Crippen LogP contribution in [0.3, 0.4) is 0 Å². The molecule has 0 aliphatic rings. The maximum atomic E-state index is 8.05. The summed E-state index contributed by atoms with van der Waals surface area (Å²) >= 11 is -0.613. The van der Waals surface area contributed by atoms with Crippen molar-refractivity contribution in [2.24, 2.45) is 0 Å². The zero-order chi connectivity index (χ0) is 4.83. The molecule has 0 unspecified atom stereocenters. The van der Waals surface area contributed by atoms with Gasteiger partial charge in [0.15, 0.2) is 0 Å². The van der Waals surface area contributed by atoms with Gasteiger partial charge in [0.2, 0.25) is 0 Å². The van der Waals surface area contributed by atoms with E-state index in [9.17, 15) is 0 Å². The van der Waals surface area contributed by atoms with Gasteiger partial charge in [0.25, 0.3) is 0 Å². The van der Waals surface area contributed by atoms with Crippen LogP contribution in [0.4, 0.5) is 0 Å². The first-order valence-electron chi connectivity index (χ1n) is 1.44. The molecule has 0 spiro atoms. The van der Waals surface area contributed by atoms with Crippen LogP contribution in [0.1, 0.15) is 0 Å². The predicted octanol–water partition coefficient (Wildman–Crippen LogP) is 0.105. The topological polar surface area (TPSA) is 29.5 Å². The average Bonchev–Trinajstić information content (AvgIpc) is 1.61. The van der Waals surface area contributed by atoms with E-state index in [1.807, 2.05) is 0 Å². The van der Waals surface area contributed by atoms with Gasteiger partial charge in [-0.05, 0) is 0 Å². The van der Waals surface area contributed by atoms with Crippen LogP contribution < -0.4 is 0 Å². The van der Waals surface area contributed by atoms with Crippen molar-refractivity contribution >= 4 is 9.82 Å². The van der Waals surface area contributed by atoms with Crippen molar-refractivity contribution in [1.29, 1.82) is 0 Å². The van der Waals surface area contributed by atoms with Crippen LogP contribution in [0.15, 0.2) is 0 Å². The van der Waals surface area contributed by atoms with Crippen molar-refractivity contribution in [2.75, 3.05) is 13.2 Å². The van der Waals surface area contributed by atoms with E-state index in [0.717, 1.165) is 0 Å². The fourth-order valence-corrected chi connectivity index (χ4v) is 0.824. The number of rotatable bonds is 3. The Hall–Kier alpha value is 0.828. The van der Waals surface area contributed by atoms with Crippen LogP contribution in [-0.4, -0.2) is 18.3 Å². The van der Waals surface area contributed by atoms with Crippen molar-refractivity contribution in [3.8, 4) is 0 Å². The molecule has 37 valence electrons. The van der Waals surface area contributed by atoms with E-state index in [1.54, 1.807) is 0 Å². The molecule has 0 rings (SSSR count). The molecule has 4 heteroatoms. The zero-order valence-corrected chi connectivity index (χ0v) is 5.91. The number of aliphatic hydroxyl groups is 1. The summed E-state index contributed by atoms with van der Waals surface area (Å²) in [5.74, 6) is 0. The van der Waals surface area contributed by atoms with Gasteiger partial charge in [-0.15, -0.1) is 0 Å². The SMILES string of the molecule is OCC[O][Mo]=[S]. The molecule has 0 saturated heterocycles. The van der Waals surface area contributed by atoms with E-state index in [2.05, 4.69) is 13.2 Å². The second-order valence-electron chi connectivity index (χ2n) is 0.614. The zero-order valence-electron chi connectivity index (χ0n) is 3.09. The first-order chi connectivity index (χ1) is 2.91. The number of aliphatic hydroxyl groups excluding tert-OH is 1. The van der Waals surface area contributed by atoms with Gasteiger partial charge in [0.05, 0.1) is 0 Å². The van der Waals surface area contributed by atoms with Gasteiger partial charge in [-0.25, -0.2) is 0 Å². The van der Waals surface area contributed by atoms with Crippen LogP contribution in [0.2, 0.25) is 0 Å². The second-order valence-corrected chi connectivity index (χ2v) is 2.33. The van der Waals surface area contributed by atoms with E-state index in [0.29, 0.717) is 6.61 Å². The molecule has 0 aromatic rings. The molecule has 0 atom stereocenters. The molecule has 1 N–H and O–H groups in total. The van der Waals surface area contributed by atoms with Gasteiger partial charge in [0, 0.05) is 0 Å². The quantitative estimate of drug-likeness (QED) is 0.504. The van der Waals surface area contributed by atoms with E-state index in [1.165, 1.54) is 0 Å². The minimum atomic E-state index is -0.613. The Morgan fingerprint density at radius 3 is 2.67 bits per heavy atom. The Bertz CT molecular complexity index is 40.5. The molecule has 0 aliphatic heterocycles. The molecule has 0 aromatic heterocycles. The second kappa shape index (κ2) is 5.83. The Morgan fingerprint density at radius 2 is 2.50 bits per heavy atom. The summed E-state index contributed by atoms with van der Waals surface area (Å²) in [7, 11) is 4.51. The van der Waals surface area contributed by atoms with Crippen molar-refractivity contribution in [3.05, 3.63) is 0 Å². The van der Waals surface area contributed by atoms with Crippen molar-refractivity contribution in [2.45, 2.75) is 0 Å². The van der Waals surface area contributed by atoms with Crippen LogP contribution in [0.25, 0.3) is 0 Å². The summed E-state index contributed by atoms with van der Waals surface area (Å²) in [4.78, 5) is 0. The molecule has 0 heterocycles. The van der Waals surface area contributed by atoms with Crippen molar-refractivity contribution < 1.29 is 25.6 Å². The fourth-order valence-electron chi connectivity index (χ4n) is 0.0713. The van der Waals surface area contributed by atoms with Gasteiger partial charge < -0.3 is 0 Å². The summed E-state index contributed by atoms with van der Waals surface area (Å²) in [5.41, 5.74) is 0. The average molecular weight is 189 g/mol. The molecule has 0 bridgehead atoms. The number of hydrogen-bond donors (Lipinski definition) is 1. The summed E-state index contributed by atoms with van der Waals surface area (Å²) < 4.78 is 4.68. The predicted molar refractivity (Wildman–Crippen MR) is 20.6 cm³/mol. The molecule has 0 saturated carbocycles. The van der Waals surface area contributed by atoms with Gasteiger partial charge in [-0.1, -0.05) is 0 Å².